The second kappa shape index (κ2) is 5.26. The van der Waals surface area contributed by atoms with Crippen molar-refractivity contribution in [2.24, 2.45) is 7.05 Å². The Balaban J connectivity index is 2.65. The van der Waals surface area contributed by atoms with E-state index in [1.807, 2.05) is 0 Å². The molecule has 7 nitrogen and oxygen atoms in total. The highest BCUT2D eigenvalue weighted by Gasteiger charge is 2.20. The number of carboxylic acids is 1. The van der Waals surface area contributed by atoms with Gasteiger partial charge in [-0.3, -0.25) is 4.79 Å². The Morgan fingerprint density at radius 1 is 1.62 bits per heavy atom. The van der Waals surface area contributed by atoms with E-state index in [2.05, 4.69) is 10.3 Å². The van der Waals surface area contributed by atoms with Crippen LogP contribution in [0.4, 0.5) is 0 Å². The third-order valence-corrected chi connectivity index (χ3v) is 1.96. The van der Waals surface area contributed by atoms with Gasteiger partial charge in [0.25, 0.3) is 5.91 Å². The zero-order valence-electron chi connectivity index (χ0n) is 8.75. The van der Waals surface area contributed by atoms with Crippen molar-refractivity contribution in [2.45, 2.75) is 12.5 Å². The second-order valence-electron chi connectivity index (χ2n) is 3.30. The predicted molar refractivity (Wildman–Crippen MR) is 53.8 cm³/mol. The highest BCUT2D eigenvalue weighted by molar-refractivity contribution is 5.94. The molecule has 0 aliphatic rings. The summed E-state index contributed by atoms with van der Waals surface area (Å²) in [6.07, 6.45) is 2.89. The van der Waals surface area contributed by atoms with Gasteiger partial charge in [0, 0.05) is 26.3 Å². The number of aliphatic hydroxyl groups excluding tert-OH is 1. The summed E-state index contributed by atoms with van der Waals surface area (Å²) in [5, 5.41) is 19.7. The number of nitrogens with one attached hydrogen (secondary N) is 1. The van der Waals surface area contributed by atoms with Crippen LogP contribution < -0.4 is 5.32 Å². The molecule has 0 aliphatic heterocycles. The van der Waals surface area contributed by atoms with E-state index in [0.29, 0.717) is 0 Å². The highest BCUT2D eigenvalue weighted by Crippen LogP contribution is 1.97. The third-order valence-electron chi connectivity index (χ3n) is 1.96. The summed E-state index contributed by atoms with van der Waals surface area (Å²) in [7, 11) is 1.70. The Morgan fingerprint density at radius 3 is 2.75 bits per heavy atom. The Hall–Kier alpha value is -1.89. The summed E-state index contributed by atoms with van der Waals surface area (Å²) >= 11 is 0. The van der Waals surface area contributed by atoms with Crippen LogP contribution in [0.3, 0.4) is 0 Å². The van der Waals surface area contributed by atoms with E-state index in [0.717, 1.165) is 0 Å². The SMILES string of the molecule is Cn1cnc(C(=O)N[C@H](CCO)C(=O)O)c1. The molecule has 0 aromatic carbocycles. The number of imidazole rings is 1. The molecule has 88 valence electrons. The van der Waals surface area contributed by atoms with Gasteiger partial charge in [0.1, 0.15) is 11.7 Å². The molecule has 0 radical (unpaired) electrons. The maximum Gasteiger partial charge on any atom is 0.326 e. The quantitative estimate of drug-likeness (QED) is 0.597. The molecular formula is C9H13N3O4. The highest BCUT2D eigenvalue weighted by atomic mass is 16.4. The molecule has 0 bridgehead atoms. The molecular weight excluding hydrogens is 214 g/mol. The number of aliphatic hydroxyl groups is 1. The molecule has 1 atom stereocenters. The molecule has 1 aromatic heterocycles. The molecule has 7 heteroatoms. The number of aromatic nitrogens is 2. The van der Waals surface area contributed by atoms with Crippen LogP contribution in [0, 0.1) is 0 Å². The first-order valence-electron chi connectivity index (χ1n) is 4.67. The monoisotopic (exact) mass is 227 g/mol. The molecule has 0 saturated carbocycles. The van der Waals surface area contributed by atoms with E-state index in [4.69, 9.17) is 10.2 Å². The van der Waals surface area contributed by atoms with Crippen LogP contribution in [0.1, 0.15) is 16.9 Å². The summed E-state index contributed by atoms with van der Waals surface area (Å²) in [4.78, 5) is 26.0. The van der Waals surface area contributed by atoms with Gasteiger partial charge in [-0.1, -0.05) is 0 Å². The lowest BCUT2D eigenvalue weighted by Gasteiger charge is -2.11. The molecule has 0 spiro atoms. The second-order valence-corrected chi connectivity index (χ2v) is 3.30. The van der Waals surface area contributed by atoms with Gasteiger partial charge < -0.3 is 20.1 Å². The van der Waals surface area contributed by atoms with Crippen LogP contribution >= 0.6 is 0 Å². The summed E-state index contributed by atoms with van der Waals surface area (Å²) < 4.78 is 1.58. The molecule has 1 aromatic rings. The number of aliphatic carboxylic acids is 1. The van der Waals surface area contributed by atoms with Gasteiger partial charge in [0.15, 0.2) is 0 Å². The van der Waals surface area contributed by atoms with E-state index < -0.39 is 17.9 Å². The van der Waals surface area contributed by atoms with Crippen molar-refractivity contribution in [3.8, 4) is 0 Å². The lowest BCUT2D eigenvalue weighted by atomic mass is 10.2. The summed E-state index contributed by atoms with van der Waals surface area (Å²) in [5.74, 6) is -1.75. The summed E-state index contributed by atoms with van der Waals surface area (Å²) in [6.45, 7) is -0.306. The zero-order chi connectivity index (χ0) is 12.1. The van der Waals surface area contributed by atoms with Gasteiger partial charge in [-0.25, -0.2) is 9.78 Å². The van der Waals surface area contributed by atoms with Crippen molar-refractivity contribution in [2.75, 3.05) is 6.61 Å². The van der Waals surface area contributed by atoms with Gasteiger partial charge in [-0.2, -0.15) is 0 Å². The van der Waals surface area contributed by atoms with Gasteiger partial charge in [-0.15, -0.1) is 0 Å². The molecule has 0 unspecified atom stereocenters. The number of aryl methyl sites for hydroxylation is 1. The van der Waals surface area contributed by atoms with Crippen LogP contribution in [0.15, 0.2) is 12.5 Å². The molecule has 1 amide bonds. The van der Waals surface area contributed by atoms with Crippen LogP contribution in [-0.2, 0) is 11.8 Å². The largest absolute Gasteiger partial charge is 0.480 e. The Morgan fingerprint density at radius 2 is 2.31 bits per heavy atom. The average molecular weight is 227 g/mol. The average Bonchev–Trinajstić information content (AvgIpc) is 2.64. The van der Waals surface area contributed by atoms with Crippen molar-refractivity contribution >= 4 is 11.9 Å². The lowest BCUT2D eigenvalue weighted by molar-refractivity contribution is -0.139. The molecule has 16 heavy (non-hydrogen) atoms. The van der Waals surface area contributed by atoms with Gasteiger partial charge in [0.05, 0.1) is 6.33 Å². The molecule has 1 heterocycles. The van der Waals surface area contributed by atoms with Gasteiger partial charge in [0.2, 0.25) is 0 Å². The summed E-state index contributed by atoms with van der Waals surface area (Å²) in [5.41, 5.74) is 0.145. The lowest BCUT2D eigenvalue weighted by Crippen LogP contribution is -2.41. The van der Waals surface area contributed by atoms with Crippen molar-refractivity contribution in [1.82, 2.24) is 14.9 Å². The van der Waals surface area contributed by atoms with Crippen LogP contribution in [0.5, 0.6) is 0 Å². The van der Waals surface area contributed by atoms with Crippen molar-refractivity contribution in [3.63, 3.8) is 0 Å². The minimum Gasteiger partial charge on any atom is -0.480 e. The number of nitrogens with zero attached hydrogens (tertiary/aromatic N) is 2. The number of hydrogen-bond donors (Lipinski definition) is 3. The van der Waals surface area contributed by atoms with Crippen molar-refractivity contribution < 1.29 is 19.8 Å². The zero-order valence-corrected chi connectivity index (χ0v) is 8.75. The Labute approximate surface area is 91.7 Å². The minimum absolute atomic E-state index is 0.0338. The van der Waals surface area contributed by atoms with Crippen molar-refractivity contribution in [3.05, 3.63) is 18.2 Å². The Kier molecular flexibility index (Phi) is 4.01. The number of rotatable bonds is 5. The first-order chi connectivity index (χ1) is 7.54. The van der Waals surface area contributed by atoms with Crippen molar-refractivity contribution in [1.29, 1.82) is 0 Å². The van der Waals surface area contributed by atoms with Gasteiger partial charge >= 0.3 is 5.97 Å². The van der Waals surface area contributed by atoms with Crippen LogP contribution in [-0.4, -0.2) is 44.3 Å². The molecule has 0 fully saturated rings. The number of hydrogen-bond acceptors (Lipinski definition) is 4. The normalized spacial score (nSPS) is 12.1. The number of carbonyl (C=O) groups is 2. The first kappa shape index (κ1) is 12.2. The fourth-order valence-electron chi connectivity index (χ4n) is 1.15. The standard InChI is InChI=1S/C9H13N3O4/c1-12-4-7(10-5-12)8(14)11-6(2-3-13)9(15)16/h4-6,13H,2-3H2,1H3,(H,11,14)(H,15,16)/t6-/m1/s1. The number of amides is 1. The van der Waals surface area contributed by atoms with E-state index in [1.54, 1.807) is 11.6 Å². The maximum absolute atomic E-state index is 11.5. The predicted octanol–water partition coefficient (Wildman–Crippen LogP) is -1.01. The molecule has 0 aliphatic carbocycles. The van der Waals surface area contributed by atoms with E-state index in [1.165, 1.54) is 12.5 Å². The molecule has 1 rings (SSSR count). The number of carboxylic acid groups (broad SMARTS) is 1. The molecule has 0 saturated heterocycles. The van der Waals surface area contributed by atoms with E-state index in [-0.39, 0.29) is 18.7 Å². The van der Waals surface area contributed by atoms with Gasteiger partial charge in [-0.05, 0) is 0 Å². The minimum atomic E-state index is -1.18. The summed E-state index contributed by atoms with van der Waals surface area (Å²) in [6, 6.07) is -1.10. The third kappa shape index (κ3) is 3.06. The van der Waals surface area contributed by atoms with Crippen LogP contribution in [0.25, 0.3) is 0 Å². The van der Waals surface area contributed by atoms with E-state index in [9.17, 15) is 9.59 Å². The fourth-order valence-corrected chi connectivity index (χ4v) is 1.15. The smallest absolute Gasteiger partial charge is 0.326 e. The number of carbonyl (C=O) groups excluding carboxylic acids is 1. The fraction of sp³-hybridized carbons (Fsp3) is 0.444. The van der Waals surface area contributed by atoms with E-state index >= 15 is 0 Å². The maximum atomic E-state index is 11.5. The Bertz CT molecular complexity index is 388. The van der Waals surface area contributed by atoms with Crippen LogP contribution in [0.2, 0.25) is 0 Å². The molecule has 3 N–H and O–H groups in total. The first-order valence-corrected chi connectivity index (χ1v) is 4.67. The topological polar surface area (TPSA) is 104 Å².